The Morgan fingerprint density at radius 1 is 0.723 bits per heavy atom. The monoisotopic (exact) mass is 673 g/mol. The first kappa shape index (κ1) is 38.1. The summed E-state index contributed by atoms with van der Waals surface area (Å²) in [6.45, 7) is 2.59. The Hall–Kier alpha value is -5.12. The maximum atomic E-state index is 12.4. The molecule has 254 valence electrons. The second-order valence-electron chi connectivity index (χ2n) is 10.1. The third kappa shape index (κ3) is 16.1. The van der Waals surface area contributed by atoms with Crippen molar-refractivity contribution in [3.8, 4) is 0 Å². The summed E-state index contributed by atoms with van der Waals surface area (Å²) in [7, 11) is 0. The lowest BCUT2D eigenvalue weighted by atomic mass is 10.2. The maximum Gasteiger partial charge on any atom is 0.408 e. The van der Waals surface area contributed by atoms with Crippen LogP contribution in [0.25, 0.3) is 0 Å². The van der Waals surface area contributed by atoms with Crippen molar-refractivity contribution >= 4 is 52.8 Å². The molecule has 0 unspecified atom stereocenters. The number of nitrogens with one attached hydrogen (secondary N) is 5. The fourth-order valence-corrected chi connectivity index (χ4v) is 4.46. The number of carboxylic acids is 1. The van der Waals surface area contributed by atoms with Crippen LogP contribution in [0, 0.1) is 0 Å². The molecular formula is C31H39N5O10S. The van der Waals surface area contributed by atoms with Gasteiger partial charge in [0.05, 0.1) is 12.6 Å². The molecule has 0 radical (unpaired) electrons. The minimum absolute atomic E-state index is 0.0145. The van der Waals surface area contributed by atoms with Crippen LogP contribution in [0.2, 0.25) is 0 Å². The number of hydrogen-bond donors (Lipinski definition) is 6. The first-order valence-electron chi connectivity index (χ1n) is 14.6. The second-order valence-corrected chi connectivity index (χ2v) is 11.1. The lowest BCUT2D eigenvalue weighted by Crippen LogP contribution is -2.47. The van der Waals surface area contributed by atoms with E-state index in [0.29, 0.717) is 11.8 Å². The molecule has 0 spiro atoms. The summed E-state index contributed by atoms with van der Waals surface area (Å²) in [4.78, 5) is 84.4. The van der Waals surface area contributed by atoms with E-state index in [9.17, 15) is 38.7 Å². The molecule has 2 aromatic rings. The van der Waals surface area contributed by atoms with Crippen molar-refractivity contribution in [2.24, 2.45) is 0 Å². The number of benzene rings is 2. The van der Waals surface area contributed by atoms with Crippen LogP contribution in [0.15, 0.2) is 60.7 Å². The average Bonchev–Trinajstić information content (AvgIpc) is 3.06. The lowest BCUT2D eigenvalue weighted by Gasteiger charge is -2.16. The van der Waals surface area contributed by atoms with Crippen molar-refractivity contribution in [2.75, 3.05) is 18.8 Å². The normalized spacial score (nSPS) is 12.3. The quantitative estimate of drug-likeness (QED) is 0.124. The van der Waals surface area contributed by atoms with Gasteiger partial charge in [-0.25, -0.2) is 14.4 Å². The average molecular weight is 674 g/mol. The van der Waals surface area contributed by atoms with Gasteiger partial charge in [-0.1, -0.05) is 72.4 Å². The third-order valence-electron chi connectivity index (χ3n) is 6.19. The summed E-state index contributed by atoms with van der Waals surface area (Å²) in [5.74, 6) is -3.39. The Balaban J connectivity index is 1.59. The van der Waals surface area contributed by atoms with Crippen LogP contribution in [0.3, 0.4) is 0 Å². The number of aliphatic carboxylic acids is 1. The molecule has 0 saturated heterocycles. The second kappa shape index (κ2) is 20.8. The van der Waals surface area contributed by atoms with Gasteiger partial charge in [-0.05, 0) is 31.4 Å². The van der Waals surface area contributed by atoms with E-state index in [4.69, 9.17) is 9.47 Å². The number of hydrogen-bond acceptors (Lipinski definition) is 10. The van der Waals surface area contributed by atoms with Crippen molar-refractivity contribution < 1.29 is 48.1 Å². The molecule has 0 aliphatic carbocycles. The van der Waals surface area contributed by atoms with Gasteiger partial charge >= 0.3 is 18.2 Å². The Morgan fingerprint density at radius 3 is 1.79 bits per heavy atom. The zero-order valence-corrected chi connectivity index (χ0v) is 26.8. The molecular weight excluding hydrogens is 634 g/mol. The number of amides is 5. The van der Waals surface area contributed by atoms with Crippen molar-refractivity contribution in [1.29, 1.82) is 0 Å². The van der Waals surface area contributed by atoms with Gasteiger partial charge in [-0.15, -0.1) is 0 Å². The first-order valence-corrected chi connectivity index (χ1v) is 15.6. The smallest absolute Gasteiger partial charge is 0.408 e. The standard InChI is InChI=1S/C31H39N5O10S/c1-20(34-30(43)45-17-22-10-5-3-6-11-22)27(39)33-16-26(38)32-15-9-14-25(37)36-24(28(40)41)19-47-29(42)21(2)35-31(44)46-18-23-12-7-4-8-13-23/h3-8,10-13,20-21,24H,9,14-19H2,1-2H3,(H,32,38)(H,33,39)(H,34,43)(H,35,44)(H,36,37)(H,40,41)/t20-,21-,24-/m0/s1. The number of thioether (sulfide) groups is 1. The molecule has 2 aromatic carbocycles. The van der Waals surface area contributed by atoms with Crippen LogP contribution in [0.4, 0.5) is 9.59 Å². The molecule has 0 bridgehead atoms. The molecule has 3 atom stereocenters. The Bertz CT molecular complexity index is 1360. The highest BCUT2D eigenvalue weighted by molar-refractivity contribution is 8.13. The van der Waals surface area contributed by atoms with Crippen molar-refractivity contribution in [1.82, 2.24) is 26.6 Å². The molecule has 47 heavy (non-hydrogen) atoms. The topological polar surface area (TPSA) is 218 Å². The summed E-state index contributed by atoms with van der Waals surface area (Å²) in [6, 6.07) is 14.6. The molecule has 16 heteroatoms. The minimum atomic E-state index is -1.37. The Labute approximate surface area is 275 Å². The van der Waals surface area contributed by atoms with Crippen LogP contribution in [0.5, 0.6) is 0 Å². The van der Waals surface area contributed by atoms with Crippen LogP contribution >= 0.6 is 11.8 Å². The van der Waals surface area contributed by atoms with E-state index in [1.807, 2.05) is 12.1 Å². The van der Waals surface area contributed by atoms with Crippen molar-refractivity contribution in [3.05, 3.63) is 71.8 Å². The molecule has 2 rings (SSSR count). The van der Waals surface area contributed by atoms with Gasteiger partial charge in [0.1, 0.15) is 25.3 Å². The Kier molecular flexibility index (Phi) is 16.9. The van der Waals surface area contributed by atoms with Gasteiger partial charge in [0.25, 0.3) is 0 Å². The molecule has 0 aliphatic rings. The summed E-state index contributed by atoms with van der Waals surface area (Å²) in [5.41, 5.74) is 1.54. The predicted molar refractivity (Wildman–Crippen MR) is 171 cm³/mol. The van der Waals surface area contributed by atoms with E-state index in [-0.39, 0.29) is 44.9 Å². The highest BCUT2D eigenvalue weighted by Gasteiger charge is 2.24. The van der Waals surface area contributed by atoms with Crippen LogP contribution in [-0.2, 0) is 46.7 Å². The number of rotatable bonds is 18. The van der Waals surface area contributed by atoms with Gasteiger partial charge < -0.3 is 41.2 Å². The van der Waals surface area contributed by atoms with E-state index in [1.54, 1.807) is 48.5 Å². The molecule has 0 heterocycles. The maximum absolute atomic E-state index is 12.4. The van der Waals surface area contributed by atoms with Gasteiger partial charge in [0.15, 0.2) is 0 Å². The van der Waals surface area contributed by atoms with E-state index >= 15 is 0 Å². The van der Waals surface area contributed by atoms with Crippen molar-refractivity contribution in [2.45, 2.75) is 58.0 Å². The number of carboxylic acid groups (broad SMARTS) is 1. The Morgan fingerprint density at radius 2 is 1.26 bits per heavy atom. The fraction of sp³-hybridized carbons (Fsp3) is 0.387. The van der Waals surface area contributed by atoms with Crippen LogP contribution in [-0.4, -0.2) is 83.1 Å². The summed E-state index contributed by atoms with van der Waals surface area (Å²) >= 11 is 0.639. The SMILES string of the molecule is C[C@H](NC(=O)OCc1ccccc1)C(=O)NCC(=O)NCCCC(=O)N[C@@H](CSC(=O)[C@H](C)NC(=O)OCc1ccccc1)C(=O)O. The number of ether oxygens (including phenoxy) is 2. The molecule has 15 nitrogen and oxygen atoms in total. The molecule has 6 N–H and O–H groups in total. The predicted octanol–water partition coefficient (Wildman–Crippen LogP) is 1.46. The first-order chi connectivity index (χ1) is 22.4. The van der Waals surface area contributed by atoms with Gasteiger partial charge in [-0.2, -0.15) is 0 Å². The van der Waals surface area contributed by atoms with Gasteiger partial charge in [0, 0.05) is 18.7 Å². The molecule has 5 amide bonds. The minimum Gasteiger partial charge on any atom is -0.480 e. The largest absolute Gasteiger partial charge is 0.480 e. The molecule has 0 saturated carbocycles. The lowest BCUT2D eigenvalue weighted by molar-refractivity contribution is -0.141. The number of carbonyl (C=O) groups is 7. The van der Waals surface area contributed by atoms with Crippen LogP contribution < -0.4 is 26.6 Å². The highest BCUT2D eigenvalue weighted by Crippen LogP contribution is 2.10. The zero-order chi connectivity index (χ0) is 34.6. The van der Waals surface area contributed by atoms with Gasteiger partial charge in [0.2, 0.25) is 22.8 Å². The van der Waals surface area contributed by atoms with Crippen LogP contribution in [0.1, 0.15) is 37.8 Å². The molecule has 0 aromatic heterocycles. The number of carbonyl (C=O) groups excluding carboxylic acids is 6. The van der Waals surface area contributed by atoms with E-state index in [2.05, 4.69) is 26.6 Å². The summed E-state index contributed by atoms with van der Waals surface area (Å²) < 4.78 is 10.1. The third-order valence-corrected chi connectivity index (χ3v) is 7.33. The highest BCUT2D eigenvalue weighted by atomic mass is 32.2. The summed E-state index contributed by atoms with van der Waals surface area (Å²) in [6.07, 6.45) is -1.55. The van der Waals surface area contributed by atoms with E-state index in [1.165, 1.54) is 13.8 Å². The fourth-order valence-electron chi connectivity index (χ4n) is 3.60. The molecule has 0 fully saturated rings. The summed E-state index contributed by atoms with van der Waals surface area (Å²) in [5, 5.41) is 20.9. The molecule has 0 aliphatic heterocycles. The van der Waals surface area contributed by atoms with E-state index in [0.717, 1.165) is 11.1 Å². The van der Waals surface area contributed by atoms with Crippen molar-refractivity contribution in [3.63, 3.8) is 0 Å². The van der Waals surface area contributed by atoms with E-state index < -0.39 is 59.1 Å². The zero-order valence-electron chi connectivity index (χ0n) is 26.0. The number of alkyl carbamates (subject to hydrolysis) is 2. The van der Waals surface area contributed by atoms with Gasteiger partial charge in [-0.3, -0.25) is 19.2 Å².